The third-order valence-electron chi connectivity index (χ3n) is 4.10. The van der Waals surface area contributed by atoms with Gasteiger partial charge in [0.15, 0.2) is 11.2 Å². The normalized spacial score (nSPS) is 11.2. The van der Waals surface area contributed by atoms with Crippen molar-refractivity contribution in [1.29, 1.82) is 0 Å². The summed E-state index contributed by atoms with van der Waals surface area (Å²) in [7, 11) is 1.56. The molecule has 0 aliphatic carbocycles. The van der Waals surface area contributed by atoms with Crippen LogP contribution in [0.4, 0.5) is 0 Å². The quantitative estimate of drug-likeness (QED) is 0.315. The number of carbonyl (C=O) groups is 2. The Kier molecular flexibility index (Phi) is 8.21. The molecule has 0 aromatic heterocycles. The van der Waals surface area contributed by atoms with Gasteiger partial charge < -0.3 is 9.47 Å². The van der Waals surface area contributed by atoms with Crippen molar-refractivity contribution in [2.75, 3.05) is 7.11 Å². The smallest absolute Gasteiger partial charge is 0.279 e. The minimum atomic E-state index is -0.758. The Morgan fingerprint density at radius 3 is 2.41 bits per heavy atom. The lowest BCUT2D eigenvalue weighted by Gasteiger charge is -2.17. The zero-order valence-corrected chi connectivity index (χ0v) is 19.4. The number of benzene rings is 2. The van der Waals surface area contributed by atoms with Crippen molar-refractivity contribution in [1.82, 2.24) is 16.2 Å². The van der Waals surface area contributed by atoms with Gasteiger partial charge in [-0.2, -0.15) is 0 Å². The maximum atomic E-state index is 12.3. The van der Waals surface area contributed by atoms with Crippen molar-refractivity contribution in [3.8, 4) is 11.5 Å². The molecular weight excluding hydrogens is 505 g/mol. The summed E-state index contributed by atoms with van der Waals surface area (Å²) in [4.78, 5) is 24.5. The molecule has 0 radical (unpaired) electrons. The molecule has 2 aromatic rings. The molecule has 0 saturated heterocycles. The molecule has 0 saturated carbocycles. The van der Waals surface area contributed by atoms with Crippen LogP contribution >= 0.6 is 34.8 Å². The molecule has 0 bridgehead atoms. The van der Waals surface area contributed by atoms with Crippen LogP contribution in [0.1, 0.15) is 28.4 Å². The van der Waals surface area contributed by atoms with Crippen LogP contribution in [0.5, 0.6) is 11.5 Å². The molecule has 2 rings (SSSR count). The predicted molar refractivity (Wildman–Crippen MR) is 123 cm³/mol. The average Bonchev–Trinajstić information content (AvgIpc) is 2.68. The van der Waals surface area contributed by atoms with Crippen LogP contribution in [-0.4, -0.2) is 30.1 Å². The van der Waals surface area contributed by atoms with E-state index in [1.165, 1.54) is 0 Å². The van der Waals surface area contributed by atoms with E-state index in [0.29, 0.717) is 17.1 Å². The Hall–Kier alpha value is -2.40. The largest absolute Gasteiger partial charge is 0.496 e. The van der Waals surface area contributed by atoms with Crippen molar-refractivity contribution in [3.63, 3.8) is 0 Å². The van der Waals surface area contributed by atoms with Gasteiger partial charge in [-0.05, 0) is 97.0 Å². The highest BCUT2D eigenvalue weighted by Crippen LogP contribution is 2.21. The standard InChI is InChI=1S/C20H22IN3O4S/c1-11-5-7-15(9-12(11)2)28-13(3)18(25)23-24-20(29)22-19(26)14-6-8-17(27-4)16(21)10-14/h5-10,13H,1-4H3,(H,23,25)(H2,22,24,26,29). The summed E-state index contributed by atoms with van der Waals surface area (Å²) in [5.74, 6) is 0.434. The van der Waals surface area contributed by atoms with Crippen molar-refractivity contribution in [3.05, 3.63) is 56.7 Å². The number of methoxy groups -OCH3 is 1. The van der Waals surface area contributed by atoms with Crippen LogP contribution < -0.4 is 25.6 Å². The highest BCUT2D eigenvalue weighted by Gasteiger charge is 2.16. The van der Waals surface area contributed by atoms with Crippen LogP contribution in [0, 0.1) is 17.4 Å². The molecule has 1 atom stereocenters. The molecule has 0 heterocycles. The van der Waals surface area contributed by atoms with Gasteiger partial charge in [0.05, 0.1) is 10.7 Å². The minimum Gasteiger partial charge on any atom is -0.496 e. The molecule has 3 N–H and O–H groups in total. The maximum absolute atomic E-state index is 12.3. The van der Waals surface area contributed by atoms with Gasteiger partial charge in [0.1, 0.15) is 11.5 Å². The summed E-state index contributed by atoms with van der Waals surface area (Å²) in [6.45, 7) is 5.59. The summed E-state index contributed by atoms with van der Waals surface area (Å²) in [6, 6.07) is 10.6. The van der Waals surface area contributed by atoms with E-state index in [0.717, 1.165) is 14.7 Å². The van der Waals surface area contributed by atoms with Gasteiger partial charge in [-0.25, -0.2) is 0 Å². The zero-order chi connectivity index (χ0) is 21.6. The van der Waals surface area contributed by atoms with Gasteiger partial charge in [-0.15, -0.1) is 0 Å². The summed E-state index contributed by atoms with van der Waals surface area (Å²) in [6.07, 6.45) is -0.758. The summed E-state index contributed by atoms with van der Waals surface area (Å²) < 4.78 is 11.6. The van der Waals surface area contributed by atoms with Gasteiger partial charge in [-0.3, -0.25) is 25.8 Å². The fourth-order valence-corrected chi connectivity index (χ4v) is 3.16. The number of amides is 2. The van der Waals surface area contributed by atoms with Crippen LogP contribution in [0.2, 0.25) is 0 Å². The molecule has 29 heavy (non-hydrogen) atoms. The molecule has 154 valence electrons. The molecule has 0 aliphatic rings. The maximum Gasteiger partial charge on any atom is 0.279 e. The Balaban J connectivity index is 1.84. The second-order valence-corrected chi connectivity index (χ2v) is 7.82. The first-order chi connectivity index (χ1) is 13.7. The summed E-state index contributed by atoms with van der Waals surface area (Å²) >= 11 is 7.13. The first kappa shape index (κ1) is 22.9. The lowest BCUT2D eigenvalue weighted by Crippen LogP contribution is -2.51. The number of rotatable bonds is 5. The van der Waals surface area contributed by atoms with Gasteiger partial charge in [0, 0.05) is 5.56 Å². The predicted octanol–water partition coefficient (Wildman–Crippen LogP) is 3.02. The van der Waals surface area contributed by atoms with Gasteiger partial charge in [0.2, 0.25) is 0 Å². The van der Waals surface area contributed by atoms with E-state index in [9.17, 15) is 9.59 Å². The van der Waals surface area contributed by atoms with E-state index in [2.05, 4.69) is 38.8 Å². The molecule has 0 aliphatic heterocycles. The Morgan fingerprint density at radius 2 is 1.79 bits per heavy atom. The topological polar surface area (TPSA) is 88.7 Å². The van der Waals surface area contributed by atoms with Crippen LogP contribution in [-0.2, 0) is 4.79 Å². The van der Waals surface area contributed by atoms with Crippen molar-refractivity contribution in [2.24, 2.45) is 0 Å². The van der Waals surface area contributed by atoms with E-state index >= 15 is 0 Å². The fourth-order valence-electron chi connectivity index (χ4n) is 2.28. The van der Waals surface area contributed by atoms with Crippen molar-refractivity contribution < 1.29 is 19.1 Å². The van der Waals surface area contributed by atoms with Crippen LogP contribution in [0.3, 0.4) is 0 Å². The number of thiocarbonyl (C=S) groups is 1. The zero-order valence-electron chi connectivity index (χ0n) is 16.5. The second kappa shape index (κ2) is 10.4. The van der Waals surface area contributed by atoms with E-state index < -0.39 is 17.9 Å². The van der Waals surface area contributed by atoms with E-state index in [-0.39, 0.29) is 5.11 Å². The lowest BCUT2D eigenvalue weighted by molar-refractivity contribution is -0.127. The number of aryl methyl sites for hydroxylation is 2. The number of carbonyl (C=O) groups excluding carboxylic acids is 2. The van der Waals surface area contributed by atoms with Gasteiger partial charge in [-0.1, -0.05) is 6.07 Å². The first-order valence-corrected chi connectivity index (χ1v) is 10.2. The molecule has 0 fully saturated rings. The number of ether oxygens (including phenoxy) is 2. The third-order valence-corrected chi connectivity index (χ3v) is 5.15. The molecular formula is C20H22IN3O4S. The third kappa shape index (κ3) is 6.57. The monoisotopic (exact) mass is 527 g/mol. The highest BCUT2D eigenvalue weighted by atomic mass is 127. The number of hydrogen-bond donors (Lipinski definition) is 3. The summed E-state index contributed by atoms with van der Waals surface area (Å²) in [5.41, 5.74) is 7.56. The van der Waals surface area contributed by atoms with Crippen molar-refractivity contribution >= 4 is 51.7 Å². The Bertz CT molecular complexity index is 936. The molecule has 0 spiro atoms. The Morgan fingerprint density at radius 1 is 1.07 bits per heavy atom. The lowest BCUT2D eigenvalue weighted by atomic mass is 10.1. The number of nitrogens with one attached hydrogen (secondary N) is 3. The van der Waals surface area contributed by atoms with Gasteiger partial charge >= 0.3 is 0 Å². The van der Waals surface area contributed by atoms with Crippen molar-refractivity contribution in [2.45, 2.75) is 26.9 Å². The van der Waals surface area contributed by atoms with Gasteiger partial charge in [0.25, 0.3) is 11.8 Å². The molecule has 2 aromatic carbocycles. The minimum absolute atomic E-state index is 0.0347. The molecule has 7 nitrogen and oxygen atoms in total. The number of hydrazine groups is 1. The number of hydrogen-bond acceptors (Lipinski definition) is 5. The Labute approximate surface area is 188 Å². The molecule has 2 amide bonds. The SMILES string of the molecule is COc1ccc(C(=O)NC(=S)NNC(=O)C(C)Oc2ccc(C)c(C)c2)cc1I. The fraction of sp³-hybridized carbons (Fsp3) is 0.250. The van der Waals surface area contributed by atoms with Crippen LogP contribution in [0.15, 0.2) is 36.4 Å². The van der Waals surface area contributed by atoms with E-state index in [1.54, 1.807) is 38.3 Å². The first-order valence-electron chi connectivity index (χ1n) is 8.70. The number of halogens is 1. The van der Waals surface area contributed by atoms with E-state index in [4.69, 9.17) is 21.7 Å². The van der Waals surface area contributed by atoms with Crippen LogP contribution in [0.25, 0.3) is 0 Å². The average molecular weight is 527 g/mol. The van der Waals surface area contributed by atoms with E-state index in [1.807, 2.05) is 26.0 Å². The highest BCUT2D eigenvalue weighted by molar-refractivity contribution is 14.1. The summed E-state index contributed by atoms with van der Waals surface area (Å²) in [5, 5.41) is 2.47. The molecule has 1 unspecified atom stereocenters. The second-order valence-electron chi connectivity index (χ2n) is 6.25. The molecule has 9 heteroatoms.